The number of halogens is 1. The van der Waals surface area contributed by atoms with E-state index in [0.717, 1.165) is 5.56 Å². The molecular weight excluding hydrogens is 309 g/mol. The van der Waals surface area contributed by atoms with Gasteiger partial charge in [0.05, 0.1) is 19.1 Å². The van der Waals surface area contributed by atoms with E-state index in [0.29, 0.717) is 22.3 Å². The third-order valence-electron chi connectivity index (χ3n) is 4.01. The third-order valence-corrected chi connectivity index (χ3v) is 4.01. The fourth-order valence-corrected chi connectivity index (χ4v) is 2.63. The van der Waals surface area contributed by atoms with E-state index < -0.39 is 6.10 Å². The molecule has 0 spiro atoms. The Labute approximate surface area is 138 Å². The minimum Gasteiger partial charge on any atom is -0.459 e. The van der Waals surface area contributed by atoms with Gasteiger partial charge in [-0.05, 0) is 30.7 Å². The summed E-state index contributed by atoms with van der Waals surface area (Å²) in [6, 6.07) is 13.3. The number of hydrogen-bond donors (Lipinski definition) is 2. The van der Waals surface area contributed by atoms with Crippen molar-refractivity contribution in [3.63, 3.8) is 0 Å². The van der Waals surface area contributed by atoms with Gasteiger partial charge in [0.2, 0.25) is 5.91 Å². The molecule has 3 aromatic rings. The van der Waals surface area contributed by atoms with Crippen LogP contribution in [-0.2, 0) is 11.3 Å². The predicted octanol–water partition coefficient (Wildman–Crippen LogP) is 3.62. The Balaban J connectivity index is 1.63. The van der Waals surface area contributed by atoms with E-state index in [4.69, 9.17) is 4.42 Å². The zero-order valence-corrected chi connectivity index (χ0v) is 13.3. The van der Waals surface area contributed by atoms with E-state index >= 15 is 0 Å². The van der Waals surface area contributed by atoms with Crippen molar-refractivity contribution in [3.8, 4) is 0 Å². The highest BCUT2D eigenvalue weighted by Gasteiger charge is 2.15. The molecule has 0 bridgehead atoms. The van der Waals surface area contributed by atoms with Crippen molar-refractivity contribution in [2.24, 2.45) is 0 Å². The molecule has 0 aliphatic rings. The second-order valence-electron chi connectivity index (χ2n) is 5.70. The van der Waals surface area contributed by atoms with Gasteiger partial charge in [-0.25, -0.2) is 4.39 Å². The van der Waals surface area contributed by atoms with E-state index in [1.54, 1.807) is 18.2 Å². The summed E-state index contributed by atoms with van der Waals surface area (Å²) in [5.74, 6) is -0.0245. The number of aliphatic hydroxyl groups excluding tert-OH is 1. The molecule has 124 valence electrons. The van der Waals surface area contributed by atoms with E-state index in [2.05, 4.69) is 5.32 Å². The summed E-state index contributed by atoms with van der Waals surface area (Å²) in [6.45, 7) is 2.02. The van der Waals surface area contributed by atoms with E-state index in [9.17, 15) is 14.3 Å². The molecule has 2 N–H and O–H groups in total. The molecule has 4 nitrogen and oxygen atoms in total. The van der Waals surface area contributed by atoms with Gasteiger partial charge < -0.3 is 14.8 Å². The van der Waals surface area contributed by atoms with Gasteiger partial charge in [-0.15, -0.1) is 0 Å². The normalized spacial score (nSPS) is 12.3. The summed E-state index contributed by atoms with van der Waals surface area (Å²) in [4.78, 5) is 12.0. The zero-order chi connectivity index (χ0) is 17.1. The van der Waals surface area contributed by atoms with Gasteiger partial charge in [-0.1, -0.05) is 30.3 Å². The molecule has 1 unspecified atom stereocenters. The summed E-state index contributed by atoms with van der Waals surface area (Å²) in [5, 5.41) is 13.5. The quantitative estimate of drug-likeness (QED) is 0.752. The fraction of sp³-hybridized carbons (Fsp3) is 0.211. The summed E-state index contributed by atoms with van der Waals surface area (Å²) in [5.41, 5.74) is 2.08. The predicted molar refractivity (Wildman–Crippen MR) is 88.8 cm³/mol. The molecule has 3 rings (SSSR count). The first-order chi connectivity index (χ1) is 11.5. The summed E-state index contributed by atoms with van der Waals surface area (Å²) in [7, 11) is 0. The molecular formula is C19H18FNO3. The second kappa shape index (κ2) is 6.84. The number of benzene rings is 2. The summed E-state index contributed by atoms with van der Waals surface area (Å²) < 4.78 is 19.0. The largest absolute Gasteiger partial charge is 0.459 e. The molecule has 1 heterocycles. The maximum atomic E-state index is 13.3. The highest BCUT2D eigenvalue weighted by molar-refractivity contribution is 5.82. The lowest BCUT2D eigenvalue weighted by Gasteiger charge is -2.10. The van der Waals surface area contributed by atoms with Crippen LogP contribution in [0.25, 0.3) is 11.0 Å². The van der Waals surface area contributed by atoms with E-state index in [1.807, 2.05) is 25.1 Å². The number of rotatable bonds is 5. The maximum absolute atomic E-state index is 13.3. The van der Waals surface area contributed by atoms with Crippen molar-refractivity contribution >= 4 is 16.9 Å². The lowest BCUT2D eigenvalue weighted by molar-refractivity contribution is -0.123. The molecule has 0 saturated carbocycles. The number of aliphatic hydroxyl groups is 1. The average molecular weight is 327 g/mol. The van der Waals surface area contributed by atoms with Gasteiger partial charge in [0.15, 0.2) is 0 Å². The smallest absolute Gasteiger partial charge is 0.223 e. The zero-order valence-electron chi connectivity index (χ0n) is 13.3. The molecule has 5 heteroatoms. The van der Waals surface area contributed by atoms with E-state index in [1.165, 1.54) is 12.1 Å². The number of carbonyl (C=O) groups excluding carboxylic acids is 1. The molecule has 24 heavy (non-hydrogen) atoms. The van der Waals surface area contributed by atoms with Crippen LogP contribution in [-0.4, -0.2) is 11.0 Å². The van der Waals surface area contributed by atoms with Crippen molar-refractivity contribution in [1.29, 1.82) is 0 Å². The Bertz CT molecular complexity index is 858. The van der Waals surface area contributed by atoms with Gasteiger partial charge >= 0.3 is 0 Å². The standard InChI is InChI=1S/C19H18FNO3/c1-12-15-9-14(20)7-8-17(15)24-18(12)11-21-19(23)10-16(22)13-5-3-2-4-6-13/h2-9,16,22H,10-11H2,1H3,(H,21,23). The van der Waals surface area contributed by atoms with Crippen LogP contribution in [0.2, 0.25) is 0 Å². The van der Waals surface area contributed by atoms with Crippen molar-refractivity contribution in [3.05, 3.63) is 71.2 Å². The van der Waals surface area contributed by atoms with Crippen LogP contribution in [0.3, 0.4) is 0 Å². The maximum Gasteiger partial charge on any atom is 0.223 e. The minimum atomic E-state index is -0.850. The van der Waals surface area contributed by atoms with Gasteiger partial charge in [-0.2, -0.15) is 0 Å². The first-order valence-corrected chi connectivity index (χ1v) is 7.72. The van der Waals surface area contributed by atoms with Crippen LogP contribution in [0.5, 0.6) is 0 Å². The Morgan fingerprint density at radius 2 is 2.00 bits per heavy atom. The van der Waals surface area contributed by atoms with Crippen LogP contribution in [0.15, 0.2) is 52.9 Å². The molecule has 0 radical (unpaired) electrons. The number of carbonyl (C=O) groups is 1. The van der Waals surface area contributed by atoms with Crippen molar-refractivity contribution in [1.82, 2.24) is 5.32 Å². The number of aryl methyl sites for hydroxylation is 1. The Morgan fingerprint density at radius 1 is 1.25 bits per heavy atom. The van der Waals surface area contributed by atoms with Crippen LogP contribution in [0.1, 0.15) is 29.4 Å². The monoisotopic (exact) mass is 327 g/mol. The molecule has 0 aliphatic heterocycles. The molecule has 1 amide bonds. The topological polar surface area (TPSA) is 62.5 Å². The number of fused-ring (bicyclic) bond motifs is 1. The van der Waals surface area contributed by atoms with Crippen molar-refractivity contribution < 1.29 is 18.7 Å². The number of amides is 1. The SMILES string of the molecule is Cc1c(CNC(=O)CC(O)c2ccccc2)oc2ccc(F)cc12. The average Bonchev–Trinajstić information content (AvgIpc) is 2.89. The molecule has 0 saturated heterocycles. The lowest BCUT2D eigenvalue weighted by atomic mass is 10.1. The second-order valence-corrected chi connectivity index (χ2v) is 5.70. The van der Waals surface area contributed by atoms with Crippen LogP contribution in [0, 0.1) is 12.7 Å². The lowest BCUT2D eigenvalue weighted by Crippen LogP contribution is -2.24. The highest BCUT2D eigenvalue weighted by atomic mass is 19.1. The number of hydrogen-bond acceptors (Lipinski definition) is 3. The fourth-order valence-electron chi connectivity index (χ4n) is 2.63. The highest BCUT2D eigenvalue weighted by Crippen LogP contribution is 2.26. The molecule has 0 fully saturated rings. The molecule has 0 aliphatic carbocycles. The van der Waals surface area contributed by atoms with Gasteiger partial charge in [-0.3, -0.25) is 4.79 Å². The van der Waals surface area contributed by atoms with Crippen LogP contribution in [0.4, 0.5) is 4.39 Å². The molecule has 2 aromatic carbocycles. The first kappa shape index (κ1) is 16.2. The third kappa shape index (κ3) is 3.46. The molecule has 1 aromatic heterocycles. The van der Waals surface area contributed by atoms with E-state index in [-0.39, 0.29) is 24.7 Å². The molecule has 1 atom stereocenters. The number of furan rings is 1. The van der Waals surface area contributed by atoms with Crippen molar-refractivity contribution in [2.75, 3.05) is 0 Å². The Kier molecular flexibility index (Phi) is 4.62. The van der Waals surface area contributed by atoms with Crippen LogP contribution >= 0.6 is 0 Å². The van der Waals surface area contributed by atoms with Crippen LogP contribution < -0.4 is 5.32 Å². The first-order valence-electron chi connectivity index (χ1n) is 7.72. The Hall–Kier alpha value is -2.66. The van der Waals surface area contributed by atoms with Crippen molar-refractivity contribution in [2.45, 2.75) is 26.0 Å². The summed E-state index contributed by atoms with van der Waals surface area (Å²) >= 11 is 0. The number of nitrogens with one attached hydrogen (secondary N) is 1. The Morgan fingerprint density at radius 3 is 2.75 bits per heavy atom. The van der Waals surface area contributed by atoms with Gasteiger partial charge in [0.25, 0.3) is 0 Å². The van der Waals surface area contributed by atoms with Gasteiger partial charge in [0, 0.05) is 10.9 Å². The van der Waals surface area contributed by atoms with Gasteiger partial charge in [0.1, 0.15) is 17.2 Å². The minimum absolute atomic E-state index is 0.0298. The summed E-state index contributed by atoms with van der Waals surface area (Å²) in [6.07, 6.45) is -0.880.